The molecular formula is C11H23N3O4S. The second-order valence-electron chi connectivity index (χ2n) is 5.05. The van der Waals surface area contributed by atoms with Crippen molar-refractivity contribution in [3.05, 3.63) is 0 Å². The molecule has 19 heavy (non-hydrogen) atoms. The van der Waals surface area contributed by atoms with Gasteiger partial charge >= 0.3 is 0 Å². The van der Waals surface area contributed by atoms with E-state index < -0.39 is 16.0 Å². The number of hydrogen-bond donors (Lipinski definition) is 2. The van der Waals surface area contributed by atoms with Gasteiger partial charge in [0.1, 0.15) is 0 Å². The highest BCUT2D eigenvalue weighted by atomic mass is 32.2. The van der Waals surface area contributed by atoms with Crippen molar-refractivity contribution < 1.29 is 17.9 Å². The first-order chi connectivity index (χ1) is 8.97. The van der Waals surface area contributed by atoms with Gasteiger partial charge in [0, 0.05) is 38.5 Å². The molecule has 2 fully saturated rings. The molecule has 1 atom stereocenters. The summed E-state index contributed by atoms with van der Waals surface area (Å²) in [6.45, 7) is 4.38. The summed E-state index contributed by atoms with van der Waals surface area (Å²) in [5, 5.41) is 2.99. The molecule has 0 radical (unpaired) electrons. The van der Waals surface area contributed by atoms with Gasteiger partial charge in [-0.1, -0.05) is 0 Å². The van der Waals surface area contributed by atoms with Crippen molar-refractivity contribution in [2.45, 2.75) is 31.6 Å². The van der Waals surface area contributed by atoms with Crippen LogP contribution in [0.2, 0.25) is 0 Å². The Hall–Kier alpha value is -0.250. The Kier molecular flexibility index (Phi) is 4.80. The number of piperidine rings is 1. The molecule has 0 aromatic rings. The summed E-state index contributed by atoms with van der Waals surface area (Å²) in [5.74, 6) is -0.537. The molecule has 2 saturated heterocycles. The van der Waals surface area contributed by atoms with E-state index in [2.05, 4.69) is 10.0 Å². The van der Waals surface area contributed by atoms with Crippen molar-refractivity contribution >= 4 is 10.2 Å². The van der Waals surface area contributed by atoms with Crippen LogP contribution in [0.15, 0.2) is 0 Å². The lowest BCUT2D eigenvalue weighted by molar-refractivity contribution is -0.179. The number of nitrogens with one attached hydrogen (secondary N) is 2. The van der Waals surface area contributed by atoms with Gasteiger partial charge in [0.25, 0.3) is 10.2 Å². The lowest BCUT2D eigenvalue weighted by Crippen LogP contribution is -2.51. The first-order valence-corrected chi connectivity index (χ1v) is 8.11. The van der Waals surface area contributed by atoms with E-state index >= 15 is 0 Å². The zero-order valence-corrected chi connectivity index (χ0v) is 12.3. The van der Waals surface area contributed by atoms with Crippen LogP contribution in [0.4, 0.5) is 0 Å². The minimum atomic E-state index is -3.40. The van der Waals surface area contributed by atoms with Gasteiger partial charge in [-0.2, -0.15) is 12.7 Å². The third-order valence-electron chi connectivity index (χ3n) is 3.70. The molecule has 7 nitrogen and oxygen atoms in total. The zero-order valence-electron chi connectivity index (χ0n) is 11.5. The van der Waals surface area contributed by atoms with Gasteiger partial charge in [-0.25, -0.2) is 4.72 Å². The maximum absolute atomic E-state index is 12.1. The standard InChI is InChI=1S/C11H23N3O4S/c1-10(12-2)9-13-19(15,16)14-5-3-11(4-6-14)17-7-8-18-11/h10,12-13H,3-9H2,1-2H3. The van der Waals surface area contributed by atoms with Crippen LogP contribution in [0.1, 0.15) is 19.8 Å². The average molecular weight is 293 g/mol. The highest BCUT2D eigenvalue weighted by Crippen LogP contribution is 2.31. The normalized spacial score (nSPS) is 25.8. The minimum Gasteiger partial charge on any atom is -0.347 e. The predicted octanol–water partition coefficient (Wildman–Crippen LogP) is -0.732. The Morgan fingerprint density at radius 1 is 1.26 bits per heavy atom. The first kappa shape index (κ1) is 15.1. The Balaban J connectivity index is 1.85. The van der Waals surface area contributed by atoms with Gasteiger partial charge < -0.3 is 14.8 Å². The van der Waals surface area contributed by atoms with Gasteiger partial charge in [0.2, 0.25) is 0 Å². The molecule has 0 bridgehead atoms. The summed E-state index contributed by atoms with van der Waals surface area (Å²) in [4.78, 5) is 0. The number of nitrogens with zero attached hydrogens (tertiary/aromatic N) is 1. The Morgan fingerprint density at radius 3 is 2.37 bits per heavy atom. The van der Waals surface area contributed by atoms with E-state index in [1.165, 1.54) is 4.31 Å². The average Bonchev–Trinajstić information content (AvgIpc) is 2.85. The van der Waals surface area contributed by atoms with Crippen molar-refractivity contribution in [1.82, 2.24) is 14.3 Å². The third-order valence-corrected chi connectivity index (χ3v) is 5.28. The molecule has 112 valence electrons. The SMILES string of the molecule is CNC(C)CNS(=O)(=O)N1CCC2(CC1)OCCO2. The van der Waals surface area contributed by atoms with Crippen LogP contribution in [0, 0.1) is 0 Å². The van der Waals surface area contributed by atoms with Crippen LogP contribution >= 0.6 is 0 Å². The summed E-state index contributed by atoms with van der Waals surface area (Å²) in [7, 11) is -1.60. The molecule has 2 aliphatic heterocycles. The topological polar surface area (TPSA) is 79.9 Å². The van der Waals surface area contributed by atoms with Crippen LogP contribution in [-0.4, -0.2) is 64.4 Å². The van der Waals surface area contributed by atoms with E-state index in [0.717, 1.165) is 0 Å². The fourth-order valence-electron chi connectivity index (χ4n) is 2.28. The molecule has 0 amide bonds. The number of hydrogen-bond acceptors (Lipinski definition) is 5. The van der Waals surface area contributed by atoms with E-state index in [9.17, 15) is 8.42 Å². The molecule has 1 spiro atoms. The number of ether oxygens (including phenoxy) is 2. The van der Waals surface area contributed by atoms with E-state index in [4.69, 9.17) is 9.47 Å². The quantitative estimate of drug-likeness (QED) is 0.698. The first-order valence-electron chi connectivity index (χ1n) is 6.67. The van der Waals surface area contributed by atoms with Crippen LogP contribution in [0.5, 0.6) is 0 Å². The van der Waals surface area contributed by atoms with E-state index in [1.807, 2.05) is 6.92 Å². The summed E-state index contributed by atoms with van der Waals surface area (Å²) in [5.41, 5.74) is 0. The van der Waals surface area contributed by atoms with Crippen LogP contribution in [0.25, 0.3) is 0 Å². The Bertz CT molecular complexity index is 385. The maximum Gasteiger partial charge on any atom is 0.279 e. The monoisotopic (exact) mass is 293 g/mol. The number of likely N-dealkylation sites (N-methyl/N-ethyl adjacent to an activating group) is 1. The van der Waals surface area contributed by atoms with Crippen LogP contribution < -0.4 is 10.0 Å². The molecule has 1 unspecified atom stereocenters. The molecule has 2 rings (SSSR count). The van der Waals surface area contributed by atoms with E-state index in [1.54, 1.807) is 7.05 Å². The molecule has 0 aliphatic carbocycles. The van der Waals surface area contributed by atoms with Crippen molar-refractivity contribution in [3.63, 3.8) is 0 Å². The highest BCUT2D eigenvalue weighted by molar-refractivity contribution is 7.87. The largest absolute Gasteiger partial charge is 0.347 e. The van der Waals surface area contributed by atoms with Gasteiger partial charge in [-0.3, -0.25) is 0 Å². The van der Waals surface area contributed by atoms with Crippen LogP contribution in [-0.2, 0) is 19.7 Å². The second kappa shape index (κ2) is 6.02. The fraction of sp³-hybridized carbons (Fsp3) is 1.00. The van der Waals surface area contributed by atoms with Crippen molar-refractivity contribution in [3.8, 4) is 0 Å². The molecule has 0 saturated carbocycles. The zero-order chi connectivity index (χ0) is 13.9. The minimum absolute atomic E-state index is 0.104. The molecule has 2 N–H and O–H groups in total. The van der Waals surface area contributed by atoms with Crippen molar-refractivity contribution in [2.75, 3.05) is 39.9 Å². The Labute approximate surface area is 114 Å². The maximum atomic E-state index is 12.1. The van der Waals surface area contributed by atoms with Crippen molar-refractivity contribution in [2.24, 2.45) is 0 Å². The van der Waals surface area contributed by atoms with E-state index in [-0.39, 0.29) is 6.04 Å². The van der Waals surface area contributed by atoms with Gasteiger partial charge in [0.15, 0.2) is 5.79 Å². The highest BCUT2D eigenvalue weighted by Gasteiger charge is 2.42. The number of rotatable bonds is 5. The summed E-state index contributed by atoms with van der Waals surface area (Å²) in [6, 6.07) is 0.104. The fourth-order valence-corrected chi connectivity index (χ4v) is 3.58. The lowest BCUT2D eigenvalue weighted by Gasteiger charge is -2.36. The summed E-state index contributed by atoms with van der Waals surface area (Å²) >= 11 is 0. The third kappa shape index (κ3) is 3.65. The summed E-state index contributed by atoms with van der Waals surface area (Å²) < 4.78 is 39.5. The molecule has 0 aromatic heterocycles. The van der Waals surface area contributed by atoms with Gasteiger partial charge in [-0.05, 0) is 14.0 Å². The molecular weight excluding hydrogens is 270 g/mol. The van der Waals surface area contributed by atoms with E-state index in [0.29, 0.717) is 45.7 Å². The molecule has 8 heteroatoms. The predicted molar refractivity (Wildman–Crippen MR) is 70.9 cm³/mol. The molecule has 2 heterocycles. The smallest absolute Gasteiger partial charge is 0.279 e. The van der Waals surface area contributed by atoms with Crippen molar-refractivity contribution in [1.29, 1.82) is 0 Å². The molecule has 2 aliphatic rings. The van der Waals surface area contributed by atoms with Crippen LogP contribution in [0.3, 0.4) is 0 Å². The van der Waals surface area contributed by atoms with Gasteiger partial charge in [-0.15, -0.1) is 0 Å². The second-order valence-corrected chi connectivity index (χ2v) is 6.81. The van der Waals surface area contributed by atoms with Gasteiger partial charge in [0.05, 0.1) is 13.2 Å². The lowest BCUT2D eigenvalue weighted by atomic mass is 10.1. The summed E-state index contributed by atoms with van der Waals surface area (Å²) in [6.07, 6.45) is 1.19. The Morgan fingerprint density at radius 2 is 1.84 bits per heavy atom. The molecule has 0 aromatic carbocycles.